The van der Waals surface area contributed by atoms with Crippen molar-refractivity contribution >= 4 is 17.8 Å². The van der Waals surface area contributed by atoms with E-state index in [-0.39, 0.29) is 31.0 Å². The summed E-state index contributed by atoms with van der Waals surface area (Å²) in [5.74, 6) is -1.79. The quantitative estimate of drug-likeness (QED) is 0.166. The largest absolute Gasteiger partial charge is 0.467 e. The van der Waals surface area contributed by atoms with Crippen molar-refractivity contribution in [2.24, 2.45) is 17.6 Å². The number of carbonyl (C=O) groups excluding carboxylic acids is 3. The smallest absolute Gasteiger partial charge is 0.330 e. The van der Waals surface area contributed by atoms with E-state index in [0.717, 1.165) is 19.3 Å². The topological polar surface area (TPSA) is 120 Å². The molecule has 0 aliphatic carbocycles. The third-order valence-electron chi connectivity index (χ3n) is 4.22. The Hall–Kier alpha value is -2.19. The summed E-state index contributed by atoms with van der Waals surface area (Å²) in [6, 6.07) is -1.03. The molecule has 2 amide bonds. The Morgan fingerprint density at radius 2 is 1.75 bits per heavy atom. The van der Waals surface area contributed by atoms with Crippen LogP contribution in [0.3, 0.4) is 0 Å². The zero-order chi connectivity index (χ0) is 21.5. The maximum atomic E-state index is 12.5. The summed E-state index contributed by atoms with van der Waals surface area (Å²) in [6.45, 7) is 11.2. The highest BCUT2D eigenvalue weighted by molar-refractivity contribution is 5.90. The van der Waals surface area contributed by atoms with Gasteiger partial charge in [0.15, 0.2) is 12.2 Å². The number of nitrogens with two attached hydrogens (primary N) is 1. The van der Waals surface area contributed by atoms with Crippen LogP contribution in [0, 0.1) is 11.8 Å². The standard InChI is InChI=1S/C20H35N3O5/c1-6-8-9-10-11-15(14(3)4)18(24)23-17(21)19(25)22-16(20(26)27-5)13-28-12-7-2/h6-7,14-17H,1-2,8-13,21H2,3-5H3,(H,22,25)(H,23,24). The molecule has 0 fully saturated rings. The van der Waals surface area contributed by atoms with Crippen LogP contribution in [0.5, 0.6) is 0 Å². The first kappa shape index (κ1) is 25.8. The molecule has 0 heterocycles. The number of esters is 1. The molecule has 3 atom stereocenters. The Morgan fingerprint density at radius 3 is 2.29 bits per heavy atom. The predicted octanol–water partition coefficient (Wildman–Crippen LogP) is 1.27. The molecule has 0 saturated carbocycles. The zero-order valence-electron chi connectivity index (χ0n) is 17.2. The van der Waals surface area contributed by atoms with Crippen LogP contribution in [-0.4, -0.2) is 50.3 Å². The van der Waals surface area contributed by atoms with Gasteiger partial charge in [-0.25, -0.2) is 4.79 Å². The van der Waals surface area contributed by atoms with E-state index in [1.807, 2.05) is 19.9 Å². The molecular formula is C20H35N3O5. The monoisotopic (exact) mass is 397 g/mol. The SMILES string of the molecule is C=CCCCCC(C(=O)NC(N)C(=O)NC(COCC=C)C(=O)OC)C(C)C. The number of amides is 2. The maximum Gasteiger partial charge on any atom is 0.330 e. The molecule has 28 heavy (non-hydrogen) atoms. The minimum Gasteiger partial charge on any atom is -0.467 e. The average molecular weight is 398 g/mol. The molecule has 4 N–H and O–H groups in total. The van der Waals surface area contributed by atoms with Gasteiger partial charge in [-0.05, 0) is 25.2 Å². The molecule has 0 aliphatic rings. The molecule has 8 nitrogen and oxygen atoms in total. The van der Waals surface area contributed by atoms with E-state index in [2.05, 4.69) is 28.5 Å². The van der Waals surface area contributed by atoms with Gasteiger partial charge in [0.1, 0.15) is 0 Å². The summed E-state index contributed by atoms with van der Waals surface area (Å²) in [5, 5.41) is 4.97. The highest BCUT2D eigenvalue weighted by Crippen LogP contribution is 2.19. The first-order valence-corrected chi connectivity index (χ1v) is 9.52. The molecule has 0 saturated heterocycles. The molecule has 0 aromatic carbocycles. The van der Waals surface area contributed by atoms with E-state index in [4.69, 9.17) is 10.5 Å². The van der Waals surface area contributed by atoms with Crippen molar-refractivity contribution < 1.29 is 23.9 Å². The number of rotatable bonds is 15. The molecule has 0 aromatic heterocycles. The third kappa shape index (κ3) is 10.2. The summed E-state index contributed by atoms with van der Waals surface area (Å²) < 4.78 is 9.84. The van der Waals surface area contributed by atoms with Crippen LogP contribution in [0.15, 0.2) is 25.3 Å². The van der Waals surface area contributed by atoms with Gasteiger partial charge in [-0.15, -0.1) is 13.2 Å². The first-order valence-electron chi connectivity index (χ1n) is 9.52. The molecule has 8 heteroatoms. The Kier molecular flexibility index (Phi) is 13.7. The second-order valence-electron chi connectivity index (χ2n) is 6.82. The number of hydrogen-bond donors (Lipinski definition) is 3. The van der Waals surface area contributed by atoms with Crippen molar-refractivity contribution in [3.05, 3.63) is 25.3 Å². The Labute approximate surface area is 167 Å². The molecule has 3 unspecified atom stereocenters. The van der Waals surface area contributed by atoms with Crippen molar-refractivity contribution in [2.75, 3.05) is 20.3 Å². The Bertz CT molecular complexity index is 522. The van der Waals surface area contributed by atoms with Crippen LogP contribution in [0.4, 0.5) is 0 Å². The van der Waals surface area contributed by atoms with Gasteiger partial charge in [0.25, 0.3) is 5.91 Å². The molecule has 0 aromatic rings. The number of unbranched alkanes of at least 4 members (excludes halogenated alkanes) is 2. The van der Waals surface area contributed by atoms with Crippen molar-refractivity contribution in [3.8, 4) is 0 Å². The van der Waals surface area contributed by atoms with Crippen molar-refractivity contribution in [1.82, 2.24) is 10.6 Å². The lowest BCUT2D eigenvalue weighted by Gasteiger charge is -2.24. The van der Waals surface area contributed by atoms with E-state index in [9.17, 15) is 14.4 Å². The van der Waals surface area contributed by atoms with Crippen LogP contribution >= 0.6 is 0 Å². The first-order chi connectivity index (χ1) is 13.3. The minimum absolute atomic E-state index is 0.0942. The van der Waals surface area contributed by atoms with Gasteiger partial charge in [0, 0.05) is 5.92 Å². The van der Waals surface area contributed by atoms with Crippen molar-refractivity contribution in [2.45, 2.75) is 51.7 Å². The summed E-state index contributed by atoms with van der Waals surface area (Å²) in [6.07, 6.45) is 5.52. The molecule has 0 bridgehead atoms. The van der Waals surface area contributed by atoms with E-state index in [0.29, 0.717) is 6.42 Å². The van der Waals surface area contributed by atoms with E-state index >= 15 is 0 Å². The number of nitrogens with one attached hydrogen (secondary N) is 2. The summed E-state index contributed by atoms with van der Waals surface area (Å²) in [4.78, 5) is 36.6. The van der Waals surface area contributed by atoms with Crippen molar-refractivity contribution in [1.29, 1.82) is 0 Å². The van der Waals surface area contributed by atoms with Gasteiger partial charge in [-0.3, -0.25) is 9.59 Å². The lowest BCUT2D eigenvalue weighted by Crippen LogP contribution is -2.57. The van der Waals surface area contributed by atoms with Crippen molar-refractivity contribution in [3.63, 3.8) is 0 Å². The minimum atomic E-state index is -1.28. The van der Waals surface area contributed by atoms with Gasteiger partial charge in [0.05, 0.1) is 20.3 Å². The predicted molar refractivity (Wildman–Crippen MR) is 108 cm³/mol. The second-order valence-corrected chi connectivity index (χ2v) is 6.82. The number of carbonyl (C=O) groups is 3. The number of hydrogen-bond acceptors (Lipinski definition) is 6. The number of ether oxygens (including phenoxy) is 2. The molecule has 0 rings (SSSR count). The second kappa shape index (κ2) is 14.8. The highest BCUT2D eigenvalue weighted by Gasteiger charge is 2.28. The average Bonchev–Trinajstić information content (AvgIpc) is 2.65. The normalized spacial score (nSPS) is 13.9. The highest BCUT2D eigenvalue weighted by atomic mass is 16.5. The van der Waals surface area contributed by atoms with Gasteiger partial charge in [-0.1, -0.05) is 32.4 Å². The summed E-state index contributed by atoms with van der Waals surface area (Å²) in [5.41, 5.74) is 5.81. The van der Waals surface area contributed by atoms with Gasteiger partial charge >= 0.3 is 5.97 Å². The third-order valence-corrected chi connectivity index (χ3v) is 4.22. The zero-order valence-corrected chi connectivity index (χ0v) is 17.2. The van der Waals surface area contributed by atoms with Gasteiger partial charge in [-0.2, -0.15) is 0 Å². The maximum absolute atomic E-state index is 12.5. The molecular weight excluding hydrogens is 362 g/mol. The molecule has 160 valence electrons. The van der Waals surface area contributed by atoms with Crippen LogP contribution in [0.1, 0.15) is 39.5 Å². The Balaban J connectivity index is 4.75. The fourth-order valence-corrected chi connectivity index (χ4v) is 2.59. The summed E-state index contributed by atoms with van der Waals surface area (Å²) >= 11 is 0. The van der Waals surface area contributed by atoms with E-state index in [1.165, 1.54) is 13.2 Å². The molecule has 0 spiro atoms. The molecule has 0 aliphatic heterocycles. The summed E-state index contributed by atoms with van der Waals surface area (Å²) in [7, 11) is 1.20. The fourth-order valence-electron chi connectivity index (χ4n) is 2.59. The number of methoxy groups -OCH3 is 1. The molecule has 0 radical (unpaired) electrons. The Morgan fingerprint density at radius 1 is 1.07 bits per heavy atom. The van der Waals surface area contributed by atoms with Gasteiger partial charge < -0.3 is 25.8 Å². The lowest BCUT2D eigenvalue weighted by atomic mass is 9.89. The van der Waals surface area contributed by atoms with E-state index < -0.39 is 24.1 Å². The lowest BCUT2D eigenvalue weighted by molar-refractivity contribution is -0.147. The van der Waals surface area contributed by atoms with Crippen LogP contribution in [0.2, 0.25) is 0 Å². The van der Waals surface area contributed by atoms with Crippen LogP contribution in [0.25, 0.3) is 0 Å². The number of allylic oxidation sites excluding steroid dienone is 1. The van der Waals surface area contributed by atoms with Crippen LogP contribution in [-0.2, 0) is 23.9 Å². The van der Waals surface area contributed by atoms with E-state index in [1.54, 1.807) is 0 Å². The van der Waals surface area contributed by atoms with Gasteiger partial charge in [0.2, 0.25) is 5.91 Å². The van der Waals surface area contributed by atoms with Crippen LogP contribution < -0.4 is 16.4 Å². The fraction of sp³-hybridized carbons (Fsp3) is 0.650.